The summed E-state index contributed by atoms with van der Waals surface area (Å²) in [4.78, 5) is 13.2. The first kappa shape index (κ1) is 14.2. The first-order valence-electron chi connectivity index (χ1n) is 5.01. The van der Waals surface area contributed by atoms with Gasteiger partial charge in [0.15, 0.2) is 0 Å². The van der Waals surface area contributed by atoms with Crippen molar-refractivity contribution in [1.29, 1.82) is 0 Å². The molecule has 15 heavy (non-hydrogen) atoms. The minimum absolute atomic E-state index is 0.200. The first-order valence-corrected chi connectivity index (χ1v) is 5.01. The number of carbonyl (C=O) groups excluding carboxylic acids is 1. The van der Waals surface area contributed by atoms with Gasteiger partial charge in [0.2, 0.25) is 0 Å². The molecule has 0 aromatic carbocycles. The monoisotopic (exact) mass is 218 g/mol. The molecule has 1 saturated heterocycles. The molecule has 0 atom stereocenters. The van der Waals surface area contributed by atoms with Crippen molar-refractivity contribution in [1.82, 2.24) is 10.2 Å². The normalized spacial score (nSPS) is 16.5. The molecule has 90 valence electrons. The van der Waals surface area contributed by atoms with E-state index in [0.29, 0.717) is 0 Å². The molecule has 0 saturated carbocycles. The molecule has 1 aliphatic heterocycles. The summed E-state index contributed by atoms with van der Waals surface area (Å²) in [7, 11) is 0. The minimum Gasteiger partial charge on any atom is -0.444 e. The number of ether oxygens (including phenoxy) is 1. The second kappa shape index (κ2) is 6.60. The Labute approximate surface area is 90.9 Å². The molecule has 0 spiro atoms. The summed E-state index contributed by atoms with van der Waals surface area (Å²) in [5.74, 6) is 8.00. The Kier molecular flexibility index (Phi) is 6.23. The maximum Gasteiger partial charge on any atom is 0.410 e. The van der Waals surface area contributed by atoms with Gasteiger partial charge in [0.05, 0.1) is 0 Å². The highest BCUT2D eigenvalue weighted by molar-refractivity contribution is 5.68. The molecular formula is C9H22N4O2. The third-order valence-corrected chi connectivity index (χ3v) is 1.77. The average Bonchev–Trinajstić information content (AvgIpc) is 2.20. The van der Waals surface area contributed by atoms with Crippen molar-refractivity contribution in [2.75, 3.05) is 26.2 Å². The fraction of sp³-hybridized carbons (Fsp3) is 0.889. The van der Waals surface area contributed by atoms with Crippen molar-refractivity contribution in [3.05, 3.63) is 0 Å². The van der Waals surface area contributed by atoms with E-state index in [4.69, 9.17) is 4.74 Å². The van der Waals surface area contributed by atoms with Crippen LogP contribution in [0, 0.1) is 0 Å². The van der Waals surface area contributed by atoms with Gasteiger partial charge < -0.3 is 15.0 Å². The van der Waals surface area contributed by atoms with Crippen molar-refractivity contribution in [3.8, 4) is 0 Å². The van der Waals surface area contributed by atoms with E-state index in [-0.39, 0.29) is 11.7 Å². The van der Waals surface area contributed by atoms with Gasteiger partial charge in [-0.3, -0.25) is 11.7 Å². The lowest BCUT2D eigenvalue weighted by Crippen LogP contribution is -2.48. The van der Waals surface area contributed by atoms with Crippen LogP contribution in [0.5, 0.6) is 0 Å². The van der Waals surface area contributed by atoms with Gasteiger partial charge in [0.25, 0.3) is 0 Å². The maximum absolute atomic E-state index is 11.5. The SMILES string of the molecule is CC(C)(C)OC(=O)N1CCNCC1.NN. The van der Waals surface area contributed by atoms with E-state index in [0.717, 1.165) is 26.2 Å². The van der Waals surface area contributed by atoms with Gasteiger partial charge in [-0.1, -0.05) is 0 Å². The molecule has 0 bridgehead atoms. The molecule has 6 heteroatoms. The van der Waals surface area contributed by atoms with Gasteiger partial charge in [-0.25, -0.2) is 4.79 Å². The molecule has 1 fully saturated rings. The Morgan fingerprint density at radius 3 is 2.13 bits per heavy atom. The Hall–Kier alpha value is -0.850. The van der Waals surface area contributed by atoms with Crippen LogP contribution in [0.2, 0.25) is 0 Å². The molecule has 0 aliphatic carbocycles. The van der Waals surface area contributed by atoms with Crippen LogP contribution in [0.4, 0.5) is 4.79 Å². The van der Waals surface area contributed by atoms with E-state index < -0.39 is 0 Å². The Morgan fingerprint density at radius 2 is 1.73 bits per heavy atom. The lowest BCUT2D eigenvalue weighted by Gasteiger charge is -2.30. The number of hydrogen-bond donors (Lipinski definition) is 3. The van der Waals surface area contributed by atoms with E-state index in [1.807, 2.05) is 20.8 Å². The summed E-state index contributed by atoms with van der Waals surface area (Å²) in [6.45, 7) is 8.86. The zero-order valence-electron chi connectivity index (χ0n) is 9.75. The lowest BCUT2D eigenvalue weighted by atomic mass is 10.2. The van der Waals surface area contributed by atoms with Crippen molar-refractivity contribution >= 4 is 6.09 Å². The summed E-state index contributed by atoms with van der Waals surface area (Å²) >= 11 is 0. The summed E-state index contributed by atoms with van der Waals surface area (Å²) in [5, 5.41) is 3.18. The zero-order chi connectivity index (χ0) is 11.9. The van der Waals surface area contributed by atoms with Crippen molar-refractivity contribution < 1.29 is 9.53 Å². The zero-order valence-corrected chi connectivity index (χ0v) is 9.75. The number of piperazine rings is 1. The molecule has 1 amide bonds. The van der Waals surface area contributed by atoms with Crippen LogP contribution >= 0.6 is 0 Å². The molecule has 1 heterocycles. The number of nitrogens with one attached hydrogen (secondary N) is 1. The van der Waals surface area contributed by atoms with Crippen LogP contribution in [0.25, 0.3) is 0 Å². The molecule has 0 aromatic heterocycles. The summed E-state index contributed by atoms with van der Waals surface area (Å²) in [5.41, 5.74) is -0.387. The number of hydrazine groups is 1. The van der Waals surface area contributed by atoms with Crippen LogP contribution in [0.15, 0.2) is 0 Å². The van der Waals surface area contributed by atoms with Crippen molar-refractivity contribution in [3.63, 3.8) is 0 Å². The van der Waals surface area contributed by atoms with Gasteiger partial charge in [-0.2, -0.15) is 0 Å². The van der Waals surface area contributed by atoms with Gasteiger partial charge >= 0.3 is 6.09 Å². The van der Waals surface area contributed by atoms with Gasteiger partial charge in [-0.05, 0) is 20.8 Å². The number of rotatable bonds is 0. The molecule has 6 nitrogen and oxygen atoms in total. The quantitative estimate of drug-likeness (QED) is 0.381. The molecule has 1 aliphatic rings. The van der Waals surface area contributed by atoms with Crippen LogP contribution < -0.4 is 17.0 Å². The maximum atomic E-state index is 11.5. The minimum atomic E-state index is -0.387. The number of nitrogens with two attached hydrogens (primary N) is 2. The predicted octanol–water partition coefficient (Wildman–Crippen LogP) is -0.354. The topological polar surface area (TPSA) is 93.6 Å². The fourth-order valence-corrected chi connectivity index (χ4v) is 1.17. The second-order valence-electron chi connectivity index (χ2n) is 4.22. The third-order valence-electron chi connectivity index (χ3n) is 1.77. The summed E-state index contributed by atoms with van der Waals surface area (Å²) in [6, 6.07) is 0. The smallest absolute Gasteiger partial charge is 0.410 e. The summed E-state index contributed by atoms with van der Waals surface area (Å²) < 4.78 is 5.24. The standard InChI is InChI=1S/C9H18N2O2.H4N2/c1-9(2,3)13-8(12)11-6-4-10-5-7-11;1-2/h10H,4-7H2,1-3H3;1-2H2. The van der Waals surface area contributed by atoms with Crippen molar-refractivity contribution in [2.45, 2.75) is 26.4 Å². The molecule has 0 aromatic rings. The Balaban J connectivity index is 0.000000921. The molecule has 5 N–H and O–H groups in total. The highest BCUT2D eigenvalue weighted by Gasteiger charge is 2.22. The van der Waals surface area contributed by atoms with Crippen LogP contribution in [-0.2, 0) is 4.74 Å². The average molecular weight is 218 g/mol. The van der Waals surface area contributed by atoms with E-state index >= 15 is 0 Å². The van der Waals surface area contributed by atoms with Crippen LogP contribution in [-0.4, -0.2) is 42.8 Å². The number of hydrogen-bond acceptors (Lipinski definition) is 5. The highest BCUT2D eigenvalue weighted by Crippen LogP contribution is 2.09. The molecular weight excluding hydrogens is 196 g/mol. The van der Waals surface area contributed by atoms with Gasteiger partial charge in [-0.15, -0.1) is 0 Å². The first-order chi connectivity index (χ1) is 6.99. The Bertz CT molecular complexity index is 185. The van der Waals surface area contributed by atoms with E-state index in [2.05, 4.69) is 17.0 Å². The van der Waals surface area contributed by atoms with E-state index in [9.17, 15) is 4.79 Å². The van der Waals surface area contributed by atoms with Crippen molar-refractivity contribution in [2.24, 2.45) is 11.7 Å². The lowest BCUT2D eigenvalue weighted by molar-refractivity contribution is 0.0229. The predicted molar refractivity (Wildman–Crippen MR) is 59.1 cm³/mol. The van der Waals surface area contributed by atoms with Gasteiger partial charge in [0.1, 0.15) is 5.60 Å². The molecule has 1 rings (SSSR count). The largest absolute Gasteiger partial charge is 0.444 e. The highest BCUT2D eigenvalue weighted by atomic mass is 16.6. The van der Waals surface area contributed by atoms with Gasteiger partial charge in [0, 0.05) is 26.2 Å². The number of carbonyl (C=O) groups is 1. The second-order valence-corrected chi connectivity index (χ2v) is 4.22. The number of nitrogens with zero attached hydrogens (tertiary/aromatic N) is 1. The Morgan fingerprint density at radius 1 is 1.27 bits per heavy atom. The summed E-state index contributed by atoms with van der Waals surface area (Å²) in [6.07, 6.45) is -0.200. The van der Waals surface area contributed by atoms with Crippen LogP contribution in [0.1, 0.15) is 20.8 Å². The van der Waals surface area contributed by atoms with Crippen LogP contribution in [0.3, 0.4) is 0 Å². The third kappa shape index (κ3) is 6.27. The molecule has 0 unspecified atom stereocenters. The van der Waals surface area contributed by atoms with E-state index in [1.54, 1.807) is 4.90 Å². The fourth-order valence-electron chi connectivity index (χ4n) is 1.17. The number of amides is 1. The van der Waals surface area contributed by atoms with E-state index in [1.165, 1.54) is 0 Å². The molecule has 0 radical (unpaired) electrons.